The molecule has 1 fully saturated rings. The third-order valence-electron chi connectivity index (χ3n) is 3.33. The number of aliphatic hydroxyl groups is 1. The van der Waals surface area contributed by atoms with Gasteiger partial charge in [-0.15, -0.1) is 13.2 Å². The molecular formula is C12H14F3NO4S. The van der Waals surface area contributed by atoms with Crippen molar-refractivity contribution in [3.63, 3.8) is 0 Å². The zero-order chi connectivity index (χ0) is 15.7. The predicted molar refractivity (Wildman–Crippen MR) is 67.1 cm³/mol. The van der Waals surface area contributed by atoms with Gasteiger partial charge in [0.25, 0.3) is 0 Å². The maximum absolute atomic E-state index is 12.1. The molecule has 0 unspecified atom stereocenters. The van der Waals surface area contributed by atoms with Crippen LogP contribution in [0.15, 0.2) is 29.2 Å². The van der Waals surface area contributed by atoms with Crippen LogP contribution in [0.4, 0.5) is 13.2 Å². The molecule has 2 N–H and O–H groups in total. The van der Waals surface area contributed by atoms with Crippen LogP contribution in [0.5, 0.6) is 5.75 Å². The number of sulfonamides is 1. The van der Waals surface area contributed by atoms with E-state index in [1.165, 1.54) is 0 Å². The molecule has 0 atom stereocenters. The molecule has 0 saturated heterocycles. The van der Waals surface area contributed by atoms with Gasteiger partial charge >= 0.3 is 6.36 Å². The van der Waals surface area contributed by atoms with Crippen LogP contribution in [0, 0.1) is 0 Å². The van der Waals surface area contributed by atoms with Gasteiger partial charge in [-0.05, 0) is 43.5 Å². The lowest BCUT2D eigenvalue weighted by Gasteiger charge is -2.40. The van der Waals surface area contributed by atoms with Crippen molar-refractivity contribution in [3.05, 3.63) is 24.3 Å². The molecule has 0 amide bonds. The summed E-state index contributed by atoms with van der Waals surface area (Å²) in [5, 5.41) is 9.25. The van der Waals surface area contributed by atoms with Gasteiger partial charge < -0.3 is 9.84 Å². The predicted octanol–water partition coefficient (Wildman–Crippen LogP) is 1.78. The van der Waals surface area contributed by atoms with Gasteiger partial charge in [-0.1, -0.05) is 0 Å². The number of rotatable bonds is 5. The normalized spacial score (nSPS) is 18.1. The Bertz CT molecular complexity index is 588. The summed E-state index contributed by atoms with van der Waals surface area (Å²) < 4.78 is 66.3. The van der Waals surface area contributed by atoms with Gasteiger partial charge in [0.15, 0.2) is 0 Å². The molecule has 21 heavy (non-hydrogen) atoms. The van der Waals surface area contributed by atoms with E-state index in [2.05, 4.69) is 9.46 Å². The molecule has 1 aromatic carbocycles. The fourth-order valence-electron chi connectivity index (χ4n) is 2.06. The number of halogens is 3. The number of alkyl halides is 3. The second-order valence-corrected chi connectivity index (χ2v) is 6.60. The van der Waals surface area contributed by atoms with Crippen molar-refractivity contribution in [2.45, 2.75) is 36.1 Å². The Balaban J connectivity index is 2.14. The van der Waals surface area contributed by atoms with Gasteiger partial charge in [0.2, 0.25) is 10.0 Å². The molecule has 5 nitrogen and oxygen atoms in total. The summed E-state index contributed by atoms with van der Waals surface area (Å²) >= 11 is 0. The highest BCUT2D eigenvalue weighted by Crippen LogP contribution is 2.33. The molecule has 2 rings (SSSR count). The van der Waals surface area contributed by atoms with E-state index >= 15 is 0 Å². The molecule has 0 spiro atoms. The Labute approximate surface area is 119 Å². The number of hydrogen-bond acceptors (Lipinski definition) is 4. The standard InChI is InChI=1S/C12H14F3NO4S/c13-12(14,15)20-9-2-4-10(5-3-9)21(18,19)16-11(8-17)6-1-7-11/h2-5,16-17H,1,6-8H2. The van der Waals surface area contributed by atoms with Gasteiger partial charge in [0.1, 0.15) is 5.75 Å². The second kappa shape index (κ2) is 5.47. The topological polar surface area (TPSA) is 75.6 Å². The molecule has 0 radical (unpaired) electrons. The van der Waals surface area contributed by atoms with Crippen molar-refractivity contribution in [3.8, 4) is 5.75 Å². The first kappa shape index (κ1) is 16.1. The van der Waals surface area contributed by atoms with E-state index in [0.29, 0.717) is 12.8 Å². The van der Waals surface area contributed by atoms with Gasteiger partial charge in [0, 0.05) is 0 Å². The Morgan fingerprint density at radius 3 is 2.19 bits per heavy atom. The smallest absolute Gasteiger partial charge is 0.406 e. The third kappa shape index (κ3) is 3.86. The largest absolute Gasteiger partial charge is 0.573 e. The van der Waals surface area contributed by atoms with Crippen LogP contribution >= 0.6 is 0 Å². The lowest BCUT2D eigenvalue weighted by Crippen LogP contribution is -2.55. The number of aliphatic hydroxyl groups excluding tert-OH is 1. The third-order valence-corrected chi connectivity index (χ3v) is 4.93. The highest BCUT2D eigenvalue weighted by molar-refractivity contribution is 7.89. The average Bonchev–Trinajstić information content (AvgIpc) is 2.32. The summed E-state index contributed by atoms with van der Waals surface area (Å²) in [6.07, 6.45) is -2.97. The molecule has 1 saturated carbocycles. The van der Waals surface area contributed by atoms with Crippen molar-refractivity contribution in [2.24, 2.45) is 0 Å². The van der Waals surface area contributed by atoms with E-state index in [0.717, 1.165) is 30.7 Å². The van der Waals surface area contributed by atoms with Crippen LogP contribution in [0.1, 0.15) is 19.3 Å². The molecule has 0 aromatic heterocycles. The first-order chi connectivity index (χ1) is 9.66. The minimum Gasteiger partial charge on any atom is -0.406 e. The van der Waals surface area contributed by atoms with Crippen LogP contribution in [0.2, 0.25) is 0 Å². The molecule has 118 valence electrons. The molecule has 0 bridgehead atoms. The van der Waals surface area contributed by atoms with E-state index in [9.17, 15) is 26.7 Å². The lowest BCUT2D eigenvalue weighted by atomic mass is 9.78. The maximum Gasteiger partial charge on any atom is 0.573 e. The summed E-state index contributed by atoms with van der Waals surface area (Å²) in [4.78, 5) is -0.184. The van der Waals surface area contributed by atoms with E-state index in [1.807, 2.05) is 0 Å². The molecule has 0 aliphatic heterocycles. The first-order valence-electron chi connectivity index (χ1n) is 6.17. The van der Waals surface area contributed by atoms with Gasteiger partial charge in [-0.3, -0.25) is 0 Å². The summed E-state index contributed by atoms with van der Waals surface area (Å²) in [7, 11) is -3.90. The minimum absolute atomic E-state index is 0.184. The monoisotopic (exact) mass is 325 g/mol. The van der Waals surface area contributed by atoms with Crippen molar-refractivity contribution < 1.29 is 31.4 Å². The van der Waals surface area contributed by atoms with Gasteiger partial charge in [-0.2, -0.15) is 0 Å². The minimum atomic E-state index is -4.83. The number of ether oxygens (including phenoxy) is 1. The summed E-state index contributed by atoms with van der Waals surface area (Å²) in [6, 6.07) is 3.89. The maximum atomic E-state index is 12.1. The molecule has 9 heteroatoms. The van der Waals surface area contributed by atoms with Gasteiger partial charge in [0.05, 0.1) is 17.0 Å². The molecule has 1 aliphatic rings. The quantitative estimate of drug-likeness (QED) is 0.865. The van der Waals surface area contributed by atoms with Crippen molar-refractivity contribution >= 4 is 10.0 Å². The number of hydrogen-bond donors (Lipinski definition) is 2. The van der Waals surface area contributed by atoms with Crippen molar-refractivity contribution in [2.75, 3.05) is 6.61 Å². The van der Waals surface area contributed by atoms with Crippen LogP contribution < -0.4 is 9.46 Å². The van der Waals surface area contributed by atoms with Crippen LogP contribution in [0.25, 0.3) is 0 Å². The van der Waals surface area contributed by atoms with Crippen molar-refractivity contribution in [1.82, 2.24) is 4.72 Å². The van der Waals surface area contributed by atoms with Gasteiger partial charge in [-0.25, -0.2) is 13.1 Å². The SMILES string of the molecule is O=S(=O)(NC1(CO)CCC1)c1ccc(OC(F)(F)F)cc1. The Morgan fingerprint density at radius 2 is 1.81 bits per heavy atom. The van der Waals surface area contributed by atoms with E-state index in [1.54, 1.807) is 0 Å². The summed E-state index contributed by atoms with van der Waals surface area (Å²) in [5.74, 6) is -0.498. The highest BCUT2D eigenvalue weighted by atomic mass is 32.2. The first-order valence-corrected chi connectivity index (χ1v) is 7.65. The Hall–Kier alpha value is -1.32. The second-order valence-electron chi connectivity index (χ2n) is 4.92. The van der Waals surface area contributed by atoms with Crippen LogP contribution in [0.3, 0.4) is 0 Å². The average molecular weight is 325 g/mol. The summed E-state index contributed by atoms with van der Waals surface area (Å²) in [6.45, 7) is -0.318. The number of nitrogens with one attached hydrogen (secondary N) is 1. The number of benzene rings is 1. The molecule has 1 aromatic rings. The Morgan fingerprint density at radius 1 is 1.24 bits per heavy atom. The lowest BCUT2D eigenvalue weighted by molar-refractivity contribution is -0.274. The molecule has 0 heterocycles. The summed E-state index contributed by atoms with van der Waals surface area (Å²) in [5.41, 5.74) is -0.861. The fraction of sp³-hybridized carbons (Fsp3) is 0.500. The van der Waals surface area contributed by atoms with Crippen molar-refractivity contribution in [1.29, 1.82) is 0 Å². The zero-order valence-electron chi connectivity index (χ0n) is 10.9. The molecule has 1 aliphatic carbocycles. The van der Waals surface area contributed by atoms with E-state index in [-0.39, 0.29) is 11.5 Å². The van der Waals surface area contributed by atoms with Crippen LogP contribution in [-0.4, -0.2) is 32.0 Å². The zero-order valence-corrected chi connectivity index (χ0v) is 11.7. The fourth-order valence-corrected chi connectivity index (χ4v) is 3.51. The highest BCUT2D eigenvalue weighted by Gasteiger charge is 2.40. The Kier molecular flexibility index (Phi) is 4.18. The van der Waals surface area contributed by atoms with Crippen LogP contribution in [-0.2, 0) is 10.0 Å². The van der Waals surface area contributed by atoms with E-state index in [4.69, 9.17) is 0 Å². The molecular weight excluding hydrogens is 311 g/mol. The van der Waals surface area contributed by atoms with E-state index < -0.39 is 27.7 Å².